The zero-order valence-corrected chi connectivity index (χ0v) is 13.2. The Morgan fingerprint density at radius 1 is 1.26 bits per heavy atom. The van der Waals surface area contributed by atoms with Crippen molar-refractivity contribution in [2.75, 3.05) is 5.32 Å². The second kappa shape index (κ2) is 6.48. The molecule has 6 nitrogen and oxygen atoms in total. The first-order valence-corrected chi connectivity index (χ1v) is 7.50. The van der Waals surface area contributed by atoms with Crippen molar-refractivity contribution < 1.29 is 4.79 Å². The van der Waals surface area contributed by atoms with Crippen LogP contribution < -0.4 is 5.32 Å². The van der Waals surface area contributed by atoms with Gasteiger partial charge in [0.25, 0.3) is 5.91 Å². The molecule has 0 atom stereocenters. The third-order valence-corrected chi connectivity index (χ3v) is 3.71. The molecule has 6 heteroatoms. The Morgan fingerprint density at radius 3 is 2.74 bits per heavy atom. The first-order chi connectivity index (χ1) is 11.1. The molecule has 118 valence electrons. The van der Waals surface area contributed by atoms with Gasteiger partial charge in [0.2, 0.25) is 0 Å². The molecule has 0 aliphatic carbocycles. The molecule has 0 saturated carbocycles. The van der Waals surface area contributed by atoms with Gasteiger partial charge in [-0.1, -0.05) is 30.3 Å². The molecule has 1 aromatic carbocycles. The van der Waals surface area contributed by atoms with Crippen LogP contribution in [0.2, 0.25) is 0 Å². The molecule has 0 bridgehead atoms. The number of hydrogen-bond donors (Lipinski definition) is 1. The fourth-order valence-electron chi connectivity index (χ4n) is 2.31. The van der Waals surface area contributed by atoms with E-state index >= 15 is 0 Å². The van der Waals surface area contributed by atoms with Gasteiger partial charge in [-0.3, -0.25) is 14.2 Å². The number of carbonyl (C=O) groups is 1. The minimum absolute atomic E-state index is 0.226. The summed E-state index contributed by atoms with van der Waals surface area (Å²) >= 11 is 0. The second-order valence-corrected chi connectivity index (χ2v) is 5.48. The van der Waals surface area contributed by atoms with E-state index < -0.39 is 0 Å². The van der Waals surface area contributed by atoms with Crippen molar-refractivity contribution in [3.8, 4) is 0 Å². The minimum Gasteiger partial charge on any atom is -0.318 e. The first-order valence-electron chi connectivity index (χ1n) is 7.50. The maximum Gasteiger partial charge on any atom is 0.276 e. The van der Waals surface area contributed by atoms with Gasteiger partial charge in [-0.15, -0.1) is 0 Å². The van der Waals surface area contributed by atoms with E-state index in [1.165, 1.54) is 5.56 Å². The second-order valence-electron chi connectivity index (χ2n) is 5.48. The van der Waals surface area contributed by atoms with Crippen LogP contribution in [0.1, 0.15) is 21.7 Å². The van der Waals surface area contributed by atoms with Crippen LogP contribution in [-0.4, -0.2) is 25.5 Å². The summed E-state index contributed by atoms with van der Waals surface area (Å²) in [7, 11) is 1.81. The molecule has 3 rings (SSSR count). The molecular formula is C17H19N5O. The summed E-state index contributed by atoms with van der Waals surface area (Å²) in [5.41, 5.74) is 3.28. The van der Waals surface area contributed by atoms with E-state index in [1.54, 1.807) is 16.9 Å². The summed E-state index contributed by atoms with van der Waals surface area (Å²) in [5, 5.41) is 11.3. The van der Waals surface area contributed by atoms with E-state index in [4.69, 9.17) is 0 Å². The summed E-state index contributed by atoms with van der Waals surface area (Å²) in [6, 6.07) is 12.0. The average Bonchev–Trinajstić information content (AvgIpc) is 3.13. The van der Waals surface area contributed by atoms with Crippen molar-refractivity contribution in [3.63, 3.8) is 0 Å². The van der Waals surface area contributed by atoms with Gasteiger partial charge in [-0.2, -0.15) is 10.2 Å². The zero-order valence-electron chi connectivity index (χ0n) is 13.2. The number of amides is 1. The van der Waals surface area contributed by atoms with Crippen LogP contribution in [0, 0.1) is 6.92 Å². The van der Waals surface area contributed by atoms with Crippen molar-refractivity contribution in [2.45, 2.75) is 19.9 Å². The number of anilines is 1. The molecule has 0 aliphatic heterocycles. The van der Waals surface area contributed by atoms with Gasteiger partial charge in [-0.05, 0) is 25.0 Å². The van der Waals surface area contributed by atoms with E-state index in [9.17, 15) is 4.79 Å². The Morgan fingerprint density at radius 2 is 2.04 bits per heavy atom. The normalized spacial score (nSPS) is 10.7. The fourth-order valence-corrected chi connectivity index (χ4v) is 2.31. The summed E-state index contributed by atoms with van der Waals surface area (Å²) in [6.07, 6.45) is 4.38. The van der Waals surface area contributed by atoms with Gasteiger partial charge >= 0.3 is 0 Å². The predicted octanol–water partition coefficient (Wildman–Crippen LogP) is 2.42. The molecule has 2 heterocycles. The predicted molar refractivity (Wildman–Crippen MR) is 88.3 cm³/mol. The lowest BCUT2D eigenvalue weighted by molar-refractivity contribution is 0.102. The maximum absolute atomic E-state index is 12.1. The van der Waals surface area contributed by atoms with E-state index in [0.717, 1.165) is 18.7 Å². The number of nitrogens with zero attached hydrogens (tertiary/aromatic N) is 4. The highest BCUT2D eigenvalue weighted by atomic mass is 16.2. The molecule has 1 N–H and O–H groups in total. The topological polar surface area (TPSA) is 64.7 Å². The summed E-state index contributed by atoms with van der Waals surface area (Å²) in [4.78, 5) is 12.1. The lowest BCUT2D eigenvalue weighted by Crippen LogP contribution is -2.12. The van der Waals surface area contributed by atoms with Gasteiger partial charge in [0.05, 0.1) is 11.9 Å². The van der Waals surface area contributed by atoms with Crippen LogP contribution in [0.3, 0.4) is 0 Å². The van der Waals surface area contributed by atoms with E-state index in [1.807, 2.05) is 43.0 Å². The molecule has 0 unspecified atom stereocenters. The maximum atomic E-state index is 12.1. The van der Waals surface area contributed by atoms with Crippen LogP contribution >= 0.6 is 0 Å². The van der Waals surface area contributed by atoms with Crippen LogP contribution in [0.15, 0.2) is 48.8 Å². The van der Waals surface area contributed by atoms with Crippen molar-refractivity contribution in [2.24, 2.45) is 7.05 Å². The number of hydrogen-bond acceptors (Lipinski definition) is 3. The van der Waals surface area contributed by atoms with E-state index in [2.05, 4.69) is 27.6 Å². The van der Waals surface area contributed by atoms with Gasteiger partial charge in [0, 0.05) is 25.5 Å². The third-order valence-electron chi connectivity index (χ3n) is 3.71. The minimum atomic E-state index is -0.226. The highest BCUT2D eigenvalue weighted by Gasteiger charge is 2.12. The van der Waals surface area contributed by atoms with Crippen molar-refractivity contribution in [1.29, 1.82) is 0 Å². The zero-order chi connectivity index (χ0) is 16.2. The standard InChI is InChI=1S/C17H19N5O/c1-13-10-16(20-21(13)2)17(23)19-15-11-18-22(12-15)9-8-14-6-4-3-5-7-14/h3-7,10-12H,8-9H2,1-2H3,(H,19,23). The van der Waals surface area contributed by atoms with E-state index in [-0.39, 0.29) is 5.91 Å². The highest BCUT2D eigenvalue weighted by molar-refractivity contribution is 6.02. The lowest BCUT2D eigenvalue weighted by Gasteiger charge is -2.02. The molecule has 3 aromatic rings. The number of nitrogens with one attached hydrogen (secondary N) is 1. The number of benzene rings is 1. The average molecular weight is 309 g/mol. The monoisotopic (exact) mass is 309 g/mol. The van der Waals surface area contributed by atoms with Crippen molar-refractivity contribution >= 4 is 11.6 Å². The SMILES string of the molecule is Cc1cc(C(=O)Nc2cnn(CCc3ccccc3)c2)nn1C. The van der Waals surface area contributed by atoms with Crippen LogP contribution in [-0.2, 0) is 20.0 Å². The number of rotatable bonds is 5. The summed E-state index contributed by atoms with van der Waals surface area (Å²) in [5.74, 6) is -0.226. The van der Waals surface area contributed by atoms with Crippen molar-refractivity contribution in [1.82, 2.24) is 19.6 Å². The molecular weight excluding hydrogens is 290 g/mol. The van der Waals surface area contributed by atoms with Crippen molar-refractivity contribution in [3.05, 3.63) is 65.7 Å². The Kier molecular flexibility index (Phi) is 4.23. The molecule has 0 fully saturated rings. The van der Waals surface area contributed by atoms with Gasteiger partial charge < -0.3 is 5.32 Å². The Bertz CT molecular complexity index is 784. The molecule has 0 spiro atoms. The Hall–Kier alpha value is -2.89. The fraction of sp³-hybridized carbons (Fsp3) is 0.235. The van der Waals surface area contributed by atoms with Gasteiger partial charge in [0.15, 0.2) is 5.69 Å². The lowest BCUT2D eigenvalue weighted by atomic mass is 10.1. The highest BCUT2D eigenvalue weighted by Crippen LogP contribution is 2.09. The number of carbonyl (C=O) groups excluding carboxylic acids is 1. The quantitative estimate of drug-likeness (QED) is 0.787. The Labute approximate surface area is 134 Å². The Balaban J connectivity index is 1.59. The summed E-state index contributed by atoms with van der Waals surface area (Å²) in [6.45, 7) is 2.67. The molecule has 0 radical (unpaired) electrons. The molecule has 2 aromatic heterocycles. The first kappa shape index (κ1) is 15.0. The van der Waals surface area contributed by atoms with Crippen LogP contribution in [0.25, 0.3) is 0 Å². The third kappa shape index (κ3) is 3.66. The molecule has 0 aliphatic rings. The number of aryl methyl sites for hydroxylation is 4. The molecule has 0 saturated heterocycles. The van der Waals surface area contributed by atoms with Gasteiger partial charge in [-0.25, -0.2) is 0 Å². The smallest absolute Gasteiger partial charge is 0.276 e. The van der Waals surface area contributed by atoms with Gasteiger partial charge in [0.1, 0.15) is 0 Å². The summed E-state index contributed by atoms with van der Waals surface area (Å²) < 4.78 is 3.50. The van der Waals surface area contributed by atoms with Crippen LogP contribution in [0.5, 0.6) is 0 Å². The van der Waals surface area contributed by atoms with Crippen LogP contribution in [0.4, 0.5) is 5.69 Å². The molecule has 1 amide bonds. The number of aromatic nitrogens is 4. The largest absolute Gasteiger partial charge is 0.318 e. The molecule has 23 heavy (non-hydrogen) atoms. The van der Waals surface area contributed by atoms with E-state index in [0.29, 0.717) is 11.4 Å².